The standard InChI is InChI=1S/C16H19N3O5/c1-7-13(9(3)20)8(2)17-14(7)15(22)10(4)24-16(23)11-5-6-12(21)19-18-11/h10,17H,5-6H2,1-4H3,(H,19,21). The van der Waals surface area contributed by atoms with Crippen molar-refractivity contribution in [1.82, 2.24) is 10.4 Å². The highest BCUT2D eigenvalue weighted by atomic mass is 16.5. The number of aromatic nitrogens is 1. The summed E-state index contributed by atoms with van der Waals surface area (Å²) in [4.78, 5) is 50.0. The molecule has 1 aromatic heterocycles. The van der Waals surface area contributed by atoms with Crippen molar-refractivity contribution in [3.63, 3.8) is 0 Å². The second-order valence-corrected chi connectivity index (χ2v) is 5.69. The summed E-state index contributed by atoms with van der Waals surface area (Å²) in [7, 11) is 0. The molecule has 128 valence electrons. The molecule has 2 rings (SSSR count). The molecule has 0 radical (unpaired) electrons. The van der Waals surface area contributed by atoms with Gasteiger partial charge in [0.05, 0.1) is 5.69 Å². The van der Waals surface area contributed by atoms with Crippen molar-refractivity contribution in [2.75, 3.05) is 0 Å². The molecule has 2 heterocycles. The number of H-pyrrole nitrogens is 1. The highest BCUT2D eigenvalue weighted by molar-refractivity contribution is 6.37. The van der Waals surface area contributed by atoms with Gasteiger partial charge in [-0.2, -0.15) is 5.10 Å². The zero-order valence-corrected chi connectivity index (χ0v) is 14.0. The Bertz CT molecular complexity index is 760. The van der Waals surface area contributed by atoms with Gasteiger partial charge in [-0.15, -0.1) is 0 Å². The van der Waals surface area contributed by atoms with Crippen LogP contribution in [0.2, 0.25) is 0 Å². The molecule has 1 aliphatic rings. The fourth-order valence-electron chi connectivity index (χ4n) is 2.63. The van der Waals surface area contributed by atoms with E-state index in [-0.39, 0.29) is 35.9 Å². The third-order valence-electron chi connectivity index (χ3n) is 3.83. The number of rotatable bonds is 5. The monoisotopic (exact) mass is 333 g/mol. The minimum Gasteiger partial charge on any atom is -0.450 e. The number of ketones is 2. The van der Waals surface area contributed by atoms with Crippen LogP contribution in [0.25, 0.3) is 0 Å². The van der Waals surface area contributed by atoms with E-state index < -0.39 is 17.9 Å². The van der Waals surface area contributed by atoms with Gasteiger partial charge in [-0.1, -0.05) is 0 Å². The predicted octanol–water partition coefficient (Wildman–Crippen LogP) is 1.21. The van der Waals surface area contributed by atoms with Gasteiger partial charge in [0, 0.05) is 24.1 Å². The smallest absolute Gasteiger partial charge is 0.355 e. The third-order valence-corrected chi connectivity index (χ3v) is 3.83. The minimum atomic E-state index is -1.05. The van der Waals surface area contributed by atoms with E-state index in [1.165, 1.54) is 13.8 Å². The lowest BCUT2D eigenvalue weighted by molar-refractivity contribution is -0.138. The van der Waals surface area contributed by atoms with Gasteiger partial charge in [0.1, 0.15) is 5.71 Å². The lowest BCUT2D eigenvalue weighted by atomic mass is 10.0. The Labute approximate surface area is 138 Å². The molecule has 1 aromatic rings. The molecule has 0 saturated heterocycles. The number of hydrogen-bond acceptors (Lipinski definition) is 6. The Morgan fingerprint density at radius 2 is 1.88 bits per heavy atom. The fraction of sp³-hybridized carbons (Fsp3) is 0.438. The molecule has 0 bridgehead atoms. The fourth-order valence-corrected chi connectivity index (χ4v) is 2.63. The van der Waals surface area contributed by atoms with E-state index >= 15 is 0 Å². The maximum absolute atomic E-state index is 12.5. The van der Waals surface area contributed by atoms with Crippen molar-refractivity contribution < 1.29 is 23.9 Å². The first-order chi connectivity index (χ1) is 11.2. The van der Waals surface area contributed by atoms with Gasteiger partial charge in [0.2, 0.25) is 11.7 Å². The Kier molecular flexibility index (Phi) is 4.96. The number of carbonyl (C=O) groups is 4. The van der Waals surface area contributed by atoms with Crippen molar-refractivity contribution >= 4 is 29.2 Å². The van der Waals surface area contributed by atoms with Crippen molar-refractivity contribution in [3.8, 4) is 0 Å². The normalized spacial score (nSPS) is 15.3. The number of hydrazone groups is 1. The topological polar surface area (TPSA) is 118 Å². The lowest BCUT2D eigenvalue weighted by Crippen LogP contribution is -2.34. The highest BCUT2D eigenvalue weighted by Crippen LogP contribution is 2.20. The van der Waals surface area contributed by atoms with Gasteiger partial charge < -0.3 is 9.72 Å². The number of ether oxygens (including phenoxy) is 1. The Balaban J connectivity index is 2.13. The average molecular weight is 333 g/mol. The van der Waals surface area contributed by atoms with Crippen molar-refractivity contribution in [2.24, 2.45) is 5.10 Å². The first-order valence-corrected chi connectivity index (χ1v) is 7.53. The van der Waals surface area contributed by atoms with Gasteiger partial charge in [0.25, 0.3) is 0 Å². The van der Waals surface area contributed by atoms with E-state index in [1.807, 2.05) is 0 Å². The summed E-state index contributed by atoms with van der Waals surface area (Å²) in [6, 6.07) is 0. The molecule has 1 amide bonds. The Hall–Kier alpha value is -2.77. The van der Waals surface area contributed by atoms with Gasteiger partial charge in [-0.25, -0.2) is 10.2 Å². The maximum Gasteiger partial charge on any atom is 0.355 e. The number of Topliss-reactive ketones (excluding diaryl/α,β-unsaturated/α-hetero) is 2. The quantitative estimate of drug-likeness (QED) is 0.620. The van der Waals surface area contributed by atoms with Crippen LogP contribution >= 0.6 is 0 Å². The van der Waals surface area contributed by atoms with Crippen LogP contribution in [-0.4, -0.2) is 40.2 Å². The van der Waals surface area contributed by atoms with Crippen LogP contribution in [0.15, 0.2) is 5.10 Å². The summed E-state index contributed by atoms with van der Waals surface area (Å²) in [5, 5.41) is 3.63. The van der Waals surface area contributed by atoms with Crippen LogP contribution in [0.4, 0.5) is 0 Å². The van der Waals surface area contributed by atoms with Crippen LogP contribution in [0.3, 0.4) is 0 Å². The first-order valence-electron chi connectivity index (χ1n) is 7.53. The highest BCUT2D eigenvalue weighted by Gasteiger charge is 2.28. The number of nitrogens with zero attached hydrogens (tertiary/aromatic N) is 1. The van der Waals surface area contributed by atoms with Gasteiger partial charge >= 0.3 is 5.97 Å². The van der Waals surface area contributed by atoms with Crippen molar-refractivity contribution in [1.29, 1.82) is 0 Å². The van der Waals surface area contributed by atoms with E-state index in [4.69, 9.17) is 4.74 Å². The lowest BCUT2D eigenvalue weighted by Gasteiger charge is -2.15. The molecular formula is C16H19N3O5. The van der Waals surface area contributed by atoms with E-state index in [2.05, 4.69) is 15.5 Å². The van der Waals surface area contributed by atoms with Crippen LogP contribution in [0.1, 0.15) is 58.8 Å². The Morgan fingerprint density at radius 1 is 1.21 bits per heavy atom. The van der Waals surface area contributed by atoms with E-state index in [9.17, 15) is 19.2 Å². The summed E-state index contributed by atoms with van der Waals surface area (Å²) < 4.78 is 5.13. The first kappa shape index (κ1) is 17.6. The molecule has 1 aliphatic heterocycles. The minimum absolute atomic E-state index is 0.0677. The number of hydrogen-bond donors (Lipinski definition) is 2. The molecule has 0 saturated carbocycles. The van der Waals surface area contributed by atoms with E-state index in [0.29, 0.717) is 16.8 Å². The van der Waals surface area contributed by atoms with Crippen LogP contribution < -0.4 is 5.43 Å². The molecule has 8 heteroatoms. The number of amides is 1. The van der Waals surface area contributed by atoms with E-state index in [1.54, 1.807) is 13.8 Å². The molecule has 1 atom stereocenters. The molecule has 1 unspecified atom stereocenters. The summed E-state index contributed by atoms with van der Waals surface area (Å²) in [6.07, 6.45) is -0.734. The zero-order chi connectivity index (χ0) is 18.0. The molecule has 0 spiro atoms. The second-order valence-electron chi connectivity index (χ2n) is 5.69. The van der Waals surface area contributed by atoms with E-state index in [0.717, 1.165) is 0 Å². The number of nitrogens with one attached hydrogen (secondary N) is 2. The SMILES string of the molecule is CC(=O)c1c(C)[nH]c(C(=O)C(C)OC(=O)C2=NNC(=O)CC2)c1C. The summed E-state index contributed by atoms with van der Waals surface area (Å²) in [5.41, 5.74) is 4.12. The second kappa shape index (κ2) is 6.77. The zero-order valence-electron chi connectivity index (χ0n) is 14.0. The molecular weight excluding hydrogens is 314 g/mol. The van der Waals surface area contributed by atoms with Crippen molar-refractivity contribution in [3.05, 3.63) is 22.5 Å². The Morgan fingerprint density at radius 3 is 2.38 bits per heavy atom. The summed E-state index contributed by atoms with van der Waals surface area (Å²) in [6.45, 7) is 6.25. The van der Waals surface area contributed by atoms with Crippen LogP contribution in [-0.2, 0) is 14.3 Å². The number of aryl methyl sites for hydroxylation is 1. The summed E-state index contributed by atoms with van der Waals surface area (Å²) >= 11 is 0. The molecule has 2 N–H and O–H groups in total. The van der Waals surface area contributed by atoms with Crippen LogP contribution in [0.5, 0.6) is 0 Å². The van der Waals surface area contributed by atoms with Gasteiger partial charge in [-0.3, -0.25) is 14.4 Å². The predicted molar refractivity (Wildman–Crippen MR) is 85.0 cm³/mol. The number of aromatic amines is 1. The molecule has 0 fully saturated rings. The van der Waals surface area contributed by atoms with Crippen molar-refractivity contribution in [2.45, 2.75) is 46.6 Å². The molecule has 24 heavy (non-hydrogen) atoms. The third kappa shape index (κ3) is 3.42. The maximum atomic E-state index is 12.5. The molecule has 0 aliphatic carbocycles. The largest absolute Gasteiger partial charge is 0.450 e. The molecule has 0 aromatic carbocycles. The number of esters is 1. The van der Waals surface area contributed by atoms with Gasteiger partial charge in [-0.05, 0) is 33.3 Å². The summed E-state index contributed by atoms with van der Waals surface area (Å²) in [5.74, 6) is -1.59. The number of carbonyl (C=O) groups excluding carboxylic acids is 4. The van der Waals surface area contributed by atoms with Gasteiger partial charge in [0.15, 0.2) is 11.9 Å². The average Bonchev–Trinajstić information content (AvgIpc) is 2.81. The van der Waals surface area contributed by atoms with Crippen LogP contribution in [0, 0.1) is 13.8 Å². The molecule has 8 nitrogen and oxygen atoms in total.